The Hall–Kier alpha value is -1.89. The van der Waals surface area contributed by atoms with Crippen molar-refractivity contribution in [2.45, 2.75) is 38.4 Å². The summed E-state index contributed by atoms with van der Waals surface area (Å²) in [6.07, 6.45) is 5.07. The molecule has 0 aliphatic carbocycles. The zero-order chi connectivity index (χ0) is 16.6. The predicted molar refractivity (Wildman–Crippen MR) is 83.3 cm³/mol. The van der Waals surface area contributed by atoms with E-state index in [2.05, 4.69) is 9.88 Å². The number of aromatic nitrogens is 2. The minimum Gasteiger partial charge on any atom is -0.469 e. The second kappa shape index (κ2) is 6.31. The molecule has 3 rings (SSSR count). The fourth-order valence-electron chi connectivity index (χ4n) is 3.99. The van der Waals surface area contributed by atoms with Crippen molar-refractivity contribution >= 4 is 11.9 Å². The van der Waals surface area contributed by atoms with Crippen molar-refractivity contribution in [1.29, 1.82) is 0 Å². The molecule has 0 saturated carbocycles. The lowest BCUT2D eigenvalue weighted by Crippen LogP contribution is -2.56. The van der Waals surface area contributed by atoms with Gasteiger partial charge in [0.2, 0.25) is 5.91 Å². The molecule has 0 spiro atoms. The van der Waals surface area contributed by atoms with Crippen LogP contribution in [0.1, 0.15) is 25.5 Å². The average Bonchev–Trinajstić information content (AvgIpc) is 3.10. The number of nitrogens with zero attached hydrogens (tertiary/aromatic N) is 4. The van der Waals surface area contributed by atoms with Gasteiger partial charge in [0.25, 0.3) is 0 Å². The second-order valence-electron chi connectivity index (χ2n) is 6.46. The van der Waals surface area contributed by atoms with Crippen LogP contribution in [0.4, 0.5) is 0 Å². The third-order valence-corrected chi connectivity index (χ3v) is 5.08. The van der Waals surface area contributed by atoms with Crippen LogP contribution in [0.15, 0.2) is 12.5 Å². The van der Waals surface area contributed by atoms with Crippen LogP contribution in [-0.4, -0.2) is 63.5 Å². The first kappa shape index (κ1) is 16.0. The van der Waals surface area contributed by atoms with Crippen molar-refractivity contribution in [1.82, 2.24) is 19.4 Å². The smallest absolute Gasteiger partial charge is 0.310 e. The summed E-state index contributed by atoms with van der Waals surface area (Å²) in [5.41, 5.74) is 1.08. The van der Waals surface area contributed by atoms with E-state index in [1.54, 1.807) is 6.33 Å². The van der Waals surface area contributed by atoms with Crippen LogP contribution in [0, 0.1) is 5.92 Å². The summed E-state index contributed by atoms with van der Waals surface area (Å²) in [6.45, 7) is 3.91. The Morgan fingerprint density at radius 2 is 2.26 bits per heavy atom. The Kier molecular flexibility index (Phi) is 4.39. The third-order valence-electron chi connectivity index (χ3n) is 5.08. The quantitative estimate of drug-likeness (QED) is 0.752. The molecule has 2 aliphatic rings. The van der Waals surface area contributed by atoms with Crippen LogP contribution in [0.5, 0.6) is 0 Å². The normalized spacial score (nSPS) is 28.0. The van der Waals surface area contributed by atoms with Gasteiger partial charge in [-0.15, -0.1) is 0 Å². The predicted octanol–water partition coefficient (Wildman–Crippen LogP) is 0.404. The number of esters is 1. The molecule has 0 aromatic carbocycles. The lowest BCUT2D eigenvalue weighted by molar-refractivity contribution is -0.147. The summed E-state index contributed by atoms with van der Waals surface area (Å²) in [7, 11) is 3.37. The number of hydrogen-bond acceptors (Lipinski definition) is 5. The van der Waals surface area contributed by atoms with E-state index in [4.69, 9.17) is 4.74 Å². The molecule has 0 radical (unpaired) electrons. The lowest BCUT2D eigenvalue weighted by Gasteiger charge is -2.39. The van der Waals surface area contributed by atoms with E-state index in [0.29, 0.717) is 19.5 Å². The molecule has 1 amide bonds. The first-order valence-corrected chi connectivity index (χ1v) is 8.11. The summed E-state index contributed by atoms with van der Waals surface area (Å²) in [6, 6.07) is 0.0670. The van der Waals surface area contributed by atoms with Gasteiger partial charge in [0.15, 0.2) is 0 Å². The maximum Gasteiger partial charge on any atom is 0.310 e. The Morgan fingerprint density at radius 1 is 1.48 bits per heavy atom. The molecule has 1 aromatic rings. The number of fused-ring (bicyclic) bond motifs is 1. The molecule has 0 bridgehead atoms. The Balaban J connectivity index is 1.74. The molecule has 3 heterocycles. The zero-order valence-corrected chi connectivity index (χ0v) is 13.9. The van der Waals surface area contributed by atoms with Crippen molar-refractivity contribution in [3.63, 3.8) is 0 Å². The fourth-order valence-corrected chi connectivity index (χ4v) is 3.99. The maximum absolute atomic E-state index is 12.6. The summed E-state index contributed by atoms with van der Waals surface area (Å²) >= 11 is 0. The van der Waals surface area contributed by atoms with Crippen LogP contribution < -0.4 is 0 Å². The number of carbonyl (C=O) groups is 2. The lowest BCUT2D eigenvalue weighted by atomic mass is 9.97. The van der Waals surface area contributed by atoms with Gasteiger partial charge in [-0.2, -0.15) is 0 Å². The number of amides is 1. The zero-order valence-electron chi connectivity index (χ0n) is 13.9. The molecular formula is C16H24N4O3. The molecule has 2 saturated heterocycles. The van der Waals surface area contributed by atoms with Crippen molar-refractivity contribution in [3.8, 4) is 0 Å². The van der Waals surface area contributed by atoms with Crippen LogP contribution >= 0.6 is 0 Å². The monoisotopic (exact) mass is 320 g/mol. The number of imidazole rings is 1. The van der Waals surface area contributed by atoms with Gasteiger partial charge in [-0.05, 0) is 12.8 Å². The molecule has 3 atom stereocenters. The molecule has 7 nitrogen and oxygen atoms in total. The van der Waals surface area contributed by atoms with E-state index >= 15 is 0 Å². The molecule has 23 heavy (non-hydrogen) atoms. The molecular weight excluding hydrogens is 296 g/mol. The highest BCUT2D eigenvalue weighted by atomic mass is 16.5. The summed E-state index contributed by atoms with van der Waals surface area (Å²) in [4.78, 5) is 32.9. The molecule has 1 aromatic heterocycles. The minimum absolute atomic E-state index is 0.0289. The second-order valence-corrected chi connectivity index (χ2v) is 6.46. The standard InChI is InChI=1S/C16H24N4O3/c1-4-14-13(16(22)23-3)5-11-7-19(9-15(21)20(11)14)8-12-6-17-10-18(12)2/h6,10-11,13-14H,4-5,7-9H2,1-3H3/t11-,13-,14-/m0/s1. The largest absolute Gasteiger partial charge is 0.469 e. The van der Waals surface area contributed by atoms with E-state index in [-0.39, 0.29) is 29.9 Å². The van der Waals surface area contributed by atoms with E-state index < -0.39 is 0 Å². The number of carbonyl (C=O) groups excluding carboxylic acids is 2. The van der Waals surface area contributed by atoms with Gasteiger partial charge in [0.05, 0.1) is 31.6 Å². The highest BCUT2D eigenvalue weighted by Crippen LogP contribution is 2.35. The summed E-state index contributed by atoms with van der Waals surface area (Å²) < 4.78 is 6.90. The van der Waals surface area contributed by atoms with Crippen molar-refractivity contribution in [2.24, 2.45) is 13.0 Å². The maximum atomic E-state index is 12.6. The number of piperazine rings is 1. The number of ether oxygens (including phenoxy) is 1. The van der Waals surface area contributed by atoms with E-state index in [1.807, 2.05) is 29.6 Å². The number of methoxy groups -OCH3 is 1. The number of aryl methyl sites for hydroxylation is 1. The van der Waals surface area contributed by atoms with Crippen LogP contribution in [-0.2, 0) is 27.9 Å². The Bertz CT molecular complexity index is 600. The first-order chi connectivity index (χ1) is 11.0. The van der Waals surface area contributed by atoms with E-state index in [1.165, 1.54) is 7.11 Å². The molecule has 7 heteroatoms. The van der Waals surface area contributed by atoms with Gasteiger partial charge in [-0.1, -0.05) is 6.92 Å². The van der Waals surface area contributed by atoms with Crippen LogP contribution in [0.3, 0.4) is 0 Å². The van der Waals surface area contributed by atoms with Gasteiger partial charge >= 0.3 is 5.97 Å². The van der Waals surface area contributed by atoms with Crippen LogP contribution in [0.2, 0.25) is 0 Å². The first-order valence-electron chi connectivity index (χ1n) is 8.11. The van der Waals surface area contributed by atoms with Crippen molar-refractivity contribution in [3.05, 3.63) is 18.2 Å². The van der Waals surface area contributed by atoms with Crippen molar-refractivity contribution in [2.75, 3.05) is 20.2 Å². The molecule has 2 aliphatic heterocycles. The Labute approximate surface area is 136 Å². The molecule has 126 valence electrons. The highest BCUT2D eigenvalue weighted by Gasteiger charge is 2.49. The summed E-state index contributed by atoms with van der Waals surface area (Å²) in [5.74, 6) is -0.283. The number of hydrogen-bond donors (Lipinski definition) is 0. The van der Waals surface area contributed by atoms with Gasteiger partial charge < -0.3 is 14.2 Å². The van der Waals surface area contributed by atoms with Gasteiger partial charge in [-0.25, -0.2) is 4.98 Å². The molecule has 0 N–H and O–H groups in total. The fraction of sp³-hybridized carbons (Fsp3) is 0.688. The van der Waals surface area contributed by atoms with E-state index in [0.717, 1.165) is 18.7 Å². The van der Waals surface area contributed by atoms with Gasteiger partial charge in [0.1, 0.15) is 0 Å². The minimum atomic E-state index is -0.199. The van der Waals surface area contributed by atoms with Gasteiger partial charge in [-0.3, -0.25) is 14.5 Å². The molecule has 0 unspecified atom stereocenters. The third kappa shape index (κ3) is 2.85. The van der Waals surface area contributed by atoms with Crippen LogP contribution in [0.25, 0.3) is 0 Å². The number of rotatable bonds is 4. The van der Waals surface area contributed by atoms with Gasteiger partial charge in [0, 0.05) is 38.4 Å². The topological polar surface area (TPSA) is 67.7 Å². The SMILES string of the molecule is CC[C@H]1[C@@H](C(=O)OC)C[C@H]2CN(Cc3cncn3C)CC(=O)N21. The van der Waals surface area contributed by atoms with Crippen molar-refractivity contribution < 1.29 is 14.3 Å². The average molecular weight is 320 g/mol. The van der Waals surface area contributed by atoms with E-state index in [9.17, 15) is 9.59 Å². The highest BCUT2D eigenvalue weighted by molar-refractivity contribution is 5.82. The Morgan fingerprint density at radius 3 is 2.87 bits per heavy atom. The molecule has 2 fully saturated rings. The summed E-state index contributed by atoms with van der Waals surface area (Å²) in [5, 5.41) is 0.